The molecule has 4 aromatic heterocycles. The van der Waals surface area contributed by atoms with E-state index in [-0.39, 0.29) is 0 Å². The molecule has 0 fully saturated rings. The molecule has 0 atom stereocenters. The van der Waals surface area contributed by atoms with Crippen LogP contribution in [0.2, 0.25) is 0 Å². The van der Waals surface area contributed by atoms with Gasteiger partial charge in [-0.3, -0.25) is 0 Å². The zero-order valence-corrected chi connectivity index (χ0v) is 27.9. The van der Waals surface area contributed by atoms with E-state index in [9.17, 15) is 0 Å². The lowest BCUT2D eigenvalue weighted by molar-refractivity contribution is 0.668. The third-order valence-corrected chi connectivity index (χ3v) is 11.1. The zero-order valence-electron chi connectivity index (χ0n) is 27.1. The molecule has 11 rings (SSSR count). The predicted octanol–water partition coefficient (Wildman–Crippen LogP) is 12.2. The molecular weight excluding hydrogens is 645 g/mol. The minimum absolute atomic E-state index is 0.601. The van der Waals surface area contributed by atoms with Gasteiger partial charge in [0.2, 0.25) is 0 Å². The molecule has 5 nitrogen and oxygen atoms in total. The lowest BCUT2D eigenvalue weighted by Gasteiger charge is -2.08. The van der Waals surface area contributed by atoms with Crippen LogP contribution in [0.1, 0.15) is 0 Å². The molecule has 0 saturated heterocycles. The van der Waals surface area contributed by atoms with Crippen molar-refractivity contribution < 1.29 is 4.42 Å². The van der Waals surface area contributed by atoms with Crippen LogP contribution in [0.5, 0.6) is 0 Å². The maximum atomic E-state index is 6.63. The van der Waals surface area contributed by atoms with Gasteiger partial charge in [0.1, 0.15) is 11.2 Å². The molecular formula is C45H26N4OS. The summed E-state index contributed by atoms with van der Waals surface area (Å²) < 4.78 is 11.6. The van der Waals surface area contributed by atoms with E-state index in [4.69, 9.17) is 19.4 Å². The van der Waals surface area contributed by atoms with Crippen molar-refractivity contribution in [1.82, 2.24) is 19.5 Å². The van der Waals surface area contributed by atoms with Crippen LogP contribution in [0.4, 0.5) is 0 Å². The molecule has 51 heavy (non-hydrogen) atoms. The molecule has 4 heterocycles. The summed E-state index contributed by atoms with van der Waals surface area (Å²) in [6.45, 7) is 0. The second-order valence-corrected chi connectivity index (χ2v) is 13.9. The topological polar surface area (TPSA) is 56.7 Å². The number of aromatic nitrogens is 4. The minimum Gasteiger partial charge on any atom is -0.456 e. The summed E-state index contributed by atoms with van der Waals surface area (Å²) in [4.78, 5) is 14.7. The van der Waals surface area contributed by atoms with Crippen molar-refractivity contribution in [2.45, 2.75) is 0 Å². The molecule has 0 saturated carbocycles. The van der Waals surface area contributed by atoms with Gasteiger partial charge in [0, 0.05) is 70.2 Å². The summed E-state index contributed by atoms with van der Waals surface area (Å²) in [5.41, 5.74) is 7.79. The molecule has 11 aromatic rings. The van der Waals surface area contributed by atoms with E-state index in [1.165, 1.54) is 42.0 Å². The predicted molar refractivity (Wildman–Crippen MR) is 211 cm³/mol. The number of para-hydroxylation sites is 1. The van der Waals surface area contributed by atoms with Crippen molar-refractivity contribution in [1.29, 1.82) is 0 Å². The lowest BCUT2D eigenvalue weighted by atomic mass is 10.1. The molecule has 0 aliphatic heterocycles. The molecule has 6 heteroatoms. The standard InChI is InChI=1S/C45H26N4OS/c1-3-11-27(12-4-1)43-46-44(28-13-5-2-6-14-28)48-45(47-43)29-19-21-31-32-22-20-30(26-39(32)50-38(31)25-29)49-36-17-9-7-16-35(36)41-37(49)24-23-34-33-15-8-10-18-40(33)51-42(34)41/h1-26H. The van der Waals surface area contributed by atoms with Crippen molar-refractivity contribution >= 4 is 75.3 Å². The highest BCUT2D eigenvalue weighted by Gasteiger charge is 2.19. The van der Waals surface area contributed by atoms with Crippen molar-refractivity contribution in [3.63, 3.8) is 0 Å². The SMILES string of the molecule is c1ccc(-c2nc(-c3ccccc3)nc(-c3ccc4c(c3)oc3cc(-n5c6ccccc6c6c7sc8ccccc8c7ccc65)ccc34)n2)cc1. The number of benzene rings is 7. The highest BCUT2D eigenvalue weighted by Crippen LogP contribution is 2.44. The van der Waals surface area contributed by atoms with Crippen LogP contribution in [0.25, 0.3) is 104 Å². The molecule has 0 amide bonds. The van der Waals surface area contributed by atoms with Crippen molar-refractivity contribution in [3.8, 4) is 39.9 Å². The van der Waals surface area contributed by atoms with E-state index in [1.54, 1.807) is 0 Å². The summed E-state index contributed by atoms with van der Waals surface area (Å²) in [5.74, 6) is 1.87. The van der Waals surface area contributed by atoms with Gasteiger partial charge in [0.25, 0.3) is 0 Å². The Morgan fingerprint density at radius 2 is 1.02 bits per heavy atom. The number of hydrogen-bond donors (Lipinski definition) is 0. The van der Waals surface area contributed by atoms with Gasteiger partial charge in [0.05, 0.1) is 11.0 Å². The summed E-state index contributed by atoms with van der Waals surface area (Å²) in [7, 11) is 0. The third-order valence-electron chi connectivity index (χ3n) is 9.85. The highest BCUT2D eigenvalue weighted by molar-refractivity contribution is 7.26. The van der Waals surface area contributed by atoms with Crippen LogP contribution in [0.15, 0.2) is 162 Å². The van der Waals surface area contributed by atoms with Gasteiger partial charge in [-0.1, -0.05) is 109 Å². The number of furan rings is 1. The monoisotopic (exact) mass is 670 g/mol. The second kappa shape index (κ2) is 10.9. The normalized spacial score (nSPS) is 11.9. The van der Waals surface area contributed by atoms with E-state index in [1.807, 2.05) is 78.1 Å². The Bertz CT molecular complexity index is 3080. The van der Waals surface area contributed by atoms with Crippen LogP contribution in [0, 0.1) is 0 Å². The zero-order chi connectivity index (χ0) is 33.5. The Morgan fingerprint density at radius 3 is 1.76 bits per heavy atom. The Morgan fingerprint density at radius 1 is 0.431 bits per heavy atom. The number of rotatable bonds is 4. The summed E-state index contributed by atoms with van der Waals surface area (Å²) in [5, 5.41) is 7.28. The van der Waals surface area contributed by atoms with E-state index < -0.39 is 0 Å². The first-order chi connectivity index (χ1) is 25.3. The quantitative estimate of drug-likeness (QED) is 0.187. The fourth-order valence-corrected chi connectivity index (χ4v) is 8.75. The minimum atomic E-state index is 0.601. The van der Waals surface area contributed by atoms with Crippen LogP contribution < -0.4 is 0 Å². The first kappa shape index (κ1) is 28.2. The molecule has 0 aliphatic rings. The van der Waals surface area contributed by atoms with Gasteiger partial charge in [-0.25, -0.2) is 15.0 Å². The first-order valence-corrected chi connectivity index (χ1v) is 17.8. The third kappa shape index (κ3) is 4.37. The van der Waals surface area contributed by atoms with Gasteiger partial charge in [-0.05, 0) is 42.5 Å². The van der Waals surface area contributed by atoms with Gasteiger partial charge < -0.3 is 8.98 Å². The van der Waals surface area contributed by atoms with Gasteiger partial charge >= 0.3 is 0 Å². The van der Waals surface area contributed by atoms with Gasteiger partial charge in [0.15, 0.2) is 17.5 Å². The van der Waals surface area contributed by atoms with Crippen molar-refractivity contribution in [3.05, 3.63) is 158 Å². The Labute approximate surface area is 295 Å². The average molecular weight is 671 g/mol. The molecule has 7 aromatic carbocycles. The van der Waals surface area contributed by atoms with Crippen LogP contribution in [-0.2, 0) is 0 Å². The van der Waals surface area contributed by atoms with Crippen LogP contribution in [-0.4, -0.2) is 19.5 Å². The fraction of sp³-hybridized carbons (Fsp3) is 0. The molecule has 0 radical (unpaired) electrons. The molecule has 0 N–H and O–H groups in total. The number of hydrogen-bond acceptors (Lipinski definition) is 5. The number of fused-ring (bicyclic) bond motifs is 10. The summed E-state index contributed by atoms with van der Waals surface area (Å²) >= 11 is 1.87. The summed E-state index contributed by atoms with van der Waals surface area (Å²) in [6.07, 6.45) is 0. The highest BCUT2D eigenvalue weighted by atomic mass is 32.1. The smallest absolute Gasteiger partial charge is 0.164 e. The number of nitrogens with zero attached hydrogens (tertiary/aromatic N) is 4. The van der Waals surface area contributed by atoms with E-state index in [0.717, 1.165) is 44.3 Å². The number of thiophene rings is 1. The Hall–Kier alpha value is -6.63. The lowest BCUT2D eigenvalue weighted by Crippen LogP contribution is -2.00. The maximum absolute atomic E-state index is 6.63. The fourth-order valence-electron chi connectivity index (χ4n) is 7.49. The first-order valence-electron chi connectivity index (χ1n) is 16.9. The summed E-state index contributed by atoms with van der Waals surface area (Å²) in [6, 6.07) is 54.8. The van der Waals surface area contributed by atoms with Crippen molar-refractivity contribution in [2.24, 2.45) is 0 Å². The second-order valence-electron chi connectivity index (χ2n) is 12.8. The molecule has 0 bridgehead atoms. The Balaban J connectivity index is 1.07. The Kier molecular flexibility index (Phi) is 6.05. The molecule has 0 aliphatic carbocycles. The van der Waals surface area contributed by atoms with E-state index in [0.29, 0.717) is 17.5 Å². The molecule has 238 valence electrons. The van der Waals surface area contributed by atoms with Crippen molar-refractivity contribution in [2.75, 3.05) is 0 Å². The molecule has 0 spiro atoms. The van der Waals surface area contributed by atoms with Gasteiger partial charge in [-0.15, -0.1) is 11.3 Å². The molecule has 0 unspecified atom stereocenters. The average Bonchev–Trinajstić information content (AvgIpc) is 3.87. The van der Waals surface area contributed by atoms with E-state index in [2.05, 4.69) is 95.6 Å². The van der Waals surface area contributed by atoms with Gasteiger partial charge in [-0.2, -0.15) is 0 Å². The van der Waals surface area contributed by atoms with Crippen LogP contribution >= 0.6 is 11.3 Å². The maximum Gasteiger partial charge on any atom is 0.164 e. The van der Waals surface area contributed by atoms with E-state index >= 15 is 0 Å². The van der Waals surface area contributed by atoms with Crippen LogP contribution in [0.3, 0.4) is 0 Å². The largest absolute Gasteiger partial charge is 0.456 e.